The molecule has 0 aliphatic carbocycles. The molecule has 0 spiro atoms. The Morgan fingerprint density at radius 1 is 1.17 bits per heavy atom. The minimum absolute atomic E-state index is 0.287. The highest BCUT2D eigenvalue weighted by Gasteiger charge is 2.12. The van der Waals surface area contributed by atoms with Crippen LogP contribution >= 0.6 is 0 Å². The van der Waals surface area contributed by atoms with Gasteiger partial charge in [0.15, 0.2) is 6.61 Å². The van der Waals surface area contributed by atoms with E-state index in [1.807, 2.05) is 6.07 Å². The van der Waals surface area contributed by atoms with E-state index >= 15 is 0 Å². The molecule has 0 aliphatic rings. The number of amides is 1. The number of esters is 1. The Morgan fingerprint density at radius 3 is 2.70 bits per heavy atom. The molecule has 2 rings (SSSR count). The van der Waals surface area contributed by atoms with Crippen molar-refractivity contribution in [2.24, 2.45) is 0 Å². The number of carbonyl (C=O) groups is 2. The Hall–Kier alpha value is -3.33. The molecule has 0 heterocycles. The summed E-state index contributed by atoms with van der Waals surface area (Å²) in [6, 6.07) is 15.0. The molecule has 2 aromatic carbocycles. The van der Waals surface area contributed by atoms with Gasteiger partial charge in [-0.3, -0.25) is 4.79 Å². The van der Waals surface area contributed by atoms with E-state index in [0.717, 1.165) is 0 Å². The lowest BCUT2D eigenvalue weighted by Crippen LogP contribution is -2.21. The molecule has 0 saturated heterocycles. The Balaban J connectivity index is 1.94. The molecule has 2 aromatic rings. The fraction of sp³-hybridized carbons (Fsp3) is 0.118. The number of rotatable bonds is 5. The standard InChI is InChI=1S/C17H14N2O4/c1-22-14-7-4-6-12(9-14)17(21)23-11-16(20)19-15-8-3-2-5-13(15)10-18/h2-9H,11H2,1H3,(H,19,20). The molecule has 0 saturated carbocycles. The van der Waals surface area contributed by atoms with E-state index in [9.17, 15) is 9.59 Å². The average Bonchev–Trinajstić information content (AvgIpc) is 2.60. The zero-order chi connectivity index (χ0) is 16.7. The maximum Gasteiger partial charge on any atom is 0.338 e. The van der Waals surface area contributed by atoms with Crippen molar-refractivity contribution in [3.63, 3.8) is 0 Å². The van der Waals surface area contributed by atoms with E-state index in [0.29, 0.717) is 17.0 Å². The molecule has 6 heteroatoms. The third-order valence-electron chi connectivity index (χ3n) is 2.96. The number of hydrogen-bond donors (Lipinski definition) is 1. The van der Waals surface area contributed by atoms with Gasteiger partial charge in [0.25, 0.3) is 5.91 Å². The second-order valence-corrected chi connectivity index (χ2v) is 4.51. The zero-order valence-corrected chi connectivity index (χ0v) is 12.4. The lowest BCUT2D eigenvalue weighted by atomic mass is 10.2. The first kappa shape index (κ1) is 16.0. The van der Waals surface area contributed by atoms with Crippen molar-refractivity contribution in [1.82, 2.24) is 0 Å². The van der Waals surface area contributed by atoms with Gasteiger partial charge in [0.1, 0.15) is 11.8 Å². The van der Waals surface area contributed by atoms with Gasteiger partial charge in [0, 0.05) is 0 Å². The van der Waals surface area contributed by atoms with Crippen LogP contribution in [0.3, 0.4) is 0 Å². The minimum atomic E-state index is -0.632. The Kier molecular flexibility index (Phi) is 5.31. The van der Waals surface area contributed by atoms with Crippen LogP contribution in [0.2, 0.25) is 0 Å². The molecule has 0 aliphatic heterocycles. The normalized spacial score (nSPS) is 9.57. The first-order valence-electron chi connectivity index (χ1n) is 6.74. The third-order valence-corrected chi connectivity index (χ3v) is 2.96. The van der Waals surface area contributed by atoms with Crippen molar-refractivity contribution in [2.75, 3.05) is 19.0 Å². The molecule has 0 atom stereocenters. The fourth-order valence-electron chi connectivity index (χ4n) is 1.84. The topological polar surface area (TPSA) is 88.4 Å². The van der Waals surface area contributed by atoms with Crippen LogP contribution in [-0.4, -0.2) is 25.6 Å². The smallest absolute Gasteiger partial charge is 0.338 e. The summed E-state index contributed by atoms with van der Waals surface area (Å²) in [5.74, 6) is -0.636. The van der Waals surface area contributed by atoms with Crippen molar-refractivity contribution in [1.29, 1.82) is 5.26 Å². The van der Waals surface area contributed by atoms with E-state index in [4.69, 9.17) is 14.7 Å². The van der Waals surface area contributed by atoms with E-state index in [-0.39, 0.29) is 5.56 Å². The van der Waals surface area contributed by atoms with Gasteiger partial charge in [-0.25, -0.2) is 4.79 Å². The summed E-state index contributed by atoms with van der Waals surface area (Å²) in [6.45, 7) is -0.449. The summed E-state index contributed by atoms with van der Waals surface area (Å²) in [5, 5.41) is 11.5. The fourth-order valence-corrected chi connectivity index (χ4v) is 1.84. The van der Waals surface area contributed by atoms with E-state index in [1.165, 1.54) is 13.2 Å². The number of carbonyl (C=O) groups excluding carboxylic acids is 2. The van der Waals surface area contributed by atoms with Crippen molar-refractivity contribution in [3.8, 4) is 11.8 Å². The molecular formula is C17H14N2O4. The molecule has 1 N–H and O–H groups in total. The van der Waals surface area contributed by atoms with Crippen LogP contribution in [0.1, 0.15) is 15.9 Å². The lowest BCUT2D eigenvalue weighted by molar-refractivity contribution is -0.119. The van der Waals surface area contributed by atoms with Gasteiger partial charge in [-0.2, -0.15) is 5.26 Å². The van der Waals surface area contributed by atoms with Crippen LogP contribution in [-0.2, 0) is 9.53 Å². The molecule has 0 aromatic heterocycles. The highest BCUT2D eigenvalue weighted by molar-refractivity contribution is 5.96. The molecule has 116 valence electrons. The van der Waals surface area contributed by atoms with Crippen LogP contribution in [0.4, 0.5) is 5.69 Å². The summed E-state index contributed by atoms with van der Waals surface area (Å²) in [7, 11) is 1.49. The third kappa shape index (κ3) is 4.32. The van der Waals surface area contributed by atoms with Crippen LogP contribution in [0, 0.1) is 11.3 Å². The van der Waals surface area contributed by atoms with Crippen molar-refractivity contribution in [2.45, 2.75) is 0 Å². The molecule has 23 heavy (non-hydrogen) atoms. The second kappa shape index (κ2) is 7.61. The van der Waals surface area contributed by atoms with E-state index in [2.05, 4.69) is 5.32 Å². The highest BCUT2D eigenvalue weighted by Crippen LogP contribution is 2.14. The van der Waals surface area contributed by atoms with E-state index < -0.39 is 18.5 Å². The summed E-state index contributed by atoms with van der Waals surface area (Å²) in [4.78, 5) is 23.7. The van der Waals surface area contributed by atoms with Gasteiger partial charge in [0.2, 0.25) is 0 Å². The molecule has 0 fully saturated rings. The quantitative estimate of drug-likeness (QED) is 0.856. The van der Waals surface area contributed by atoms with Gasteiger partial charge < -0.3 is 14.8 Å². The first-order valence-corrected chi connectivity index (χ1v) is 6.74. The molecule has 1 amide bonds. The van der Waals surface area contributed by atoms with Crippen molar-refractivity contribution in [3.05, 3.63) is 59.7 Å². The van der Waals surface area contributed by atoms with Crippen molar-refractivity contribution >= 4 is 17.6 Å². The largest absolute Gasteiger partial charge is 0.497 e. The van der Waals surface area contributed by atoms with E-state index in [1.54, 1.807) is 42.5 Å². The molecule has 0 radical (unpaired) electrons. The number of anilines is 1. The Bertz CT molecular complexity index is 765. The monoisotopic (exact) mass is 310 g/mol. The van der Waals surface area contributed by atoms with Gasteiger partial charge in [0.05, 0.1) is 23.9 Å². The molecule has 0 bridgehead atoms. The highest BCUT2D eigenvalue weighted by atomic mass is 16.5. The first-order chi connectivity index (χ1) is 11.1. The van der Waals surface area contributed by atoms with Crippen LogP contribution < -0.4 is 10.1 Å². The predicted molar refractivity (Wildman–Crippen MR) is 83.1 cm³/mol. The number of hydrogen-bond acceptors (Lipinski definition) is 5. The van der Waals surface area contributed by atoms with Crippen LogP contribution in [0.25, 0.3) is 0 Å². The number of methoxy groups -OCH3 is 1. The number of ether oxygens (including phenoxy) is 2. The maximum absolute atomic E-state index is 11.9. The SMILES string of the molecule is COc1cccc(C(=O)OCC(=O)Nc2ccccc2C#N)c1. The number of nitrogens with zero attached hydrogens (tertiary/aromatic N) is 1. The van der Waals surface area contributed by atoms with Gasteiger partial charge in [-0.1, -0.05) is 18.2 Å². The van der Waals surface area contributed by atoms with Crippen LogP contribution in [0.15, 0.2) is 48.5 Å². The number of nitriles is 1. The predicted octanol–water partition coefficient (Wildman–Crippen LogP) is 2.36. The summed E-state index contributed by atoms with van der Waals surface area (Å²) < 4.78 is 9.96. The average molecular weight is 310 g/mol. The molecule has 6 nitrogen and oxygen atoms in total. The van der Waals surface area contributed by atoms with Crippen molar-refractivity contribution < 1.29 is 19.1 Å². The maximum atomic E-state index is 11.9. The zero-order valence-electron chi connectivity index (χ0n) is 12.4. The van der Waals surface area contributed by atoms with Gasteiger partial charge in [-0.05, 0) is 30.3 Å². The summed E-state index contributed by atoms with van der Waals surface area (Å²) >= 11 is 0. The number of benzene rings is 2. The summed E-state index contributed by atoms with van der Waals surface area (Å²) in [5.41, 5.74) is 0.993. The second-order valence-electron chi connectivity index (χ2n) is 4.51. The van der Waals surface area contributed by atoms with Gasteiger partial charge >= 0.3 is 5.97 Å². The number of para-hydroxylation sites is 1. The van der Waals surface area contributed by atoms with Gasteiger partial charge in [-0.15, -0.1) is 0 Å². The molecular weight excluding hydrogens is 296 g/mol. The lowest BCUT2D eigenvalue weighted by Gasteiger charge is -2.08. The Labute approximate surface area is 133 Å². The van der Waals surface area contributed by atoms with Crippen LogP contribution in [0.5, 0.6) is 5.75 Å². The Morgan fingerprint density at radius 2 is 1.96 bits per heavy atom. The molecule has 0 unspecified atom stereocenters. The number of nitrogens with one attached hydrogen (secondary N) is 1. The summed E-state index contributed by atoms with van der Waals surface area (Å²) in [6.07, 6.45) is 0. The minimum Gasteiger partial charge on any atom is -0.497 e.